The molecular weight excluding hydrogens is 364 g/mol. The highest BCUT2D eigenvalue weighted by Gasteiger charge is 2.51. The maximum absolute atomic E-state index is 13.4. The molecule has 1 amide bonds. The summed E-state index contributed by atoms with van der Waals surface area (Å²) < 4.78 is 2.63. The molecule has 0 saturated heterocycles. The van der Waals surface area contributed by atoms with Crippen LogP contribution in [0.3, 0.4) is 0 Å². The molecule has 148 valence electrons. The van der Waals surface area contributed by atoms with Gasteiger partial charge in [-0.3, -0.25) is 9.20 Å². The van der Waals surface area contributed by atoms with Gasteiger partial charge in [-0.15, -0.1) is 0 Å². The van der Waals surface area contributed by atoms with Gasteiger partial charge in [0.25, 0.3) is 11.6 Å². The lowest BCUT2D eigenvalue weighted by Crippen LogP contribution is -2.59. The lowest BCUT2D eigenvalue weighted by atomic mass is 9.53. The van der Waals surface area contributed by atoms with Crippen molar-refractivity contribution in [2.24, 2.45) is 17.8 Å². The molecular formula is C23H24N4O2. The molecule has 4 aliphatic rings. The van der Waals surface area contributed by atoms with Gasteiger partial charge in [0.2, 0.25) is 5.82 Å². The Balaban J connectivity index is 1.39. The molecule has 0 aliphatic heterocycles. The van der Waals surface area contributed by atoms with Crippen LogP contribution in [0.1, 0.15) is 49.0 Å². The Bertz CT molecular complexity index is 1080. The normalized spacial score (nSPS) is 30.0. The summed E-state index contributed by atoms with van der Waals surface area (Å²) >= 11 is 0. The van der Waals surface area contributed by atoms with E-state index in [1.54, 1.807) is 12.1 Å². The second-order valence-corrected chi connectivity index (χ2v) is 9.30. The number of hydrogen-bond donors (Lipinski definition) is 1. The number of pyridine rings is 2. The first kappa shape index (κ1) is 17.0. The van der Waals surface area contributed by atoms with E-state index in [0.717, 1.165) is 47.3 Å². The largest absolute Gasteiger partial charge is 0.618 e. The van der Waals surface area contributed by atoms with Crippen LogP contribution in [0.15, 0.2) is 48.8 Å². The van der Waals surface area contributed by atoms with Crippen molar-refractivity contribution in [1.82, 2.24) is 14.7 Å². The zero-order chi connectivity index (χ0) is 19.6. The molecule has 4 aliphatic carbocycles. The molecule has 4 fully saturated rings. The van der Waals surface area contributed by atoms with Gasteiger partial charge in [0.15, 0.2) is 11.9 Å². The second-order valence-electron chi connectivity index (χ2n) is 9.30. The van der Waals surface area contributed by atoms with E-state index in [9.17, 15) is 10.0 Å². The lowest BCUT2D eigenvalue weighted by molar-refractivity contribution is -0.594. The van der Waals surface area contributed by atoms with Crippen molar-refractivity contribution in [1.29, 1.82) is 0 Å². The number of carbonyl (C=O) groups is 1. The maximum Gasteiger partial charge on any atom is 0.272 e. The average Bonchev–Trinajstić information content (AvgIpc) is 3.07. The van der Waals surface area contributed by atoms with E-state index in [4.69, 9.17) is 0 Å². The van der Waals surface area contributed by atoms with Gasteiger partial charge >= 0.3 is 0 Å². The highest BCUT2D eigenvalue weighted by Crippen LogP contribution is 2.55. The molecule has 4 bridgehead atoms. The summed E-state index contributed by atoms with van der Waals surface area (Å²) in [5.74, 6) is 2.67. The van der Waals surface area contributed by atoms with Crippen LogP contribution in [-0.4, -0.2) is 20.8 Å². The summed E-state index contributed by atoms with van der Waals surface area (Å²) in [7, 11) is 0. The van der Waals surface area contributed by atoms with Crippen LogP contribution < -0.4 is 10.0 Å². The standard InChI is InChI=1S/C23H24N4O2/c28-22(25-23-12-15-9-16(13-23)11-17(10-15)14-23)20-18-5-1-3-7-26(18)21(24-20)19-6-2-4-8-27(19)29/h1-8,15-17H,9-14H2,(H,25,28). The van der Waals surface area contributed by atoms with E-state index in [1.807, 2.05) is 34.9 Å². The minimum Gasteiger partial charge on any atom is -0.618 e. The van der Waals surface area contributed by atoms with E-state index in [1.165, 1.54) is 25.5 Å². The quantitative estimate of drug-likeness (QED) is 0.552. The first-order valence-corrected chi connectivity index (χ1v) is 10.6. The smallest absolute Gasteiger partial charge is 0.272 e. The lowest BCUT2D eigenvalue weighted by Gasteiger charge is -2.56. The van der Waals surface area contributed by atoms with Gasteiger partial charge in [0.05, 0.1) is 5.52 Å². The van der Waals surface area contributed by atoms with Crippen molar-refractivity contribution < 1.29 is 9.52 Å². The number of nitrogens with one attached hydrogen (secondary N) is 1. The van der Waals surface area contributed by atoms with Gasteiger partial charge < -0.3 is 10.5 Å². The SMILES string of the molecule is O=C(NC12CC3CC(CC(C3)C1)C2)c1nc(-c2cccc[n+]2[O-])n2ccccc12. The predicted molar refractivity (Wildman–Crippen MR) is 108 cm³/mol. The molecule has 6 heteroatoms. The number of aromatic nitrogens is 3. The Morgan fingerprint density at radius 3 is 2.45 bits per heavy atom. The molecule has 0 spiro atoms. The molecule has 3 heterocycles. The topological polar surface area (TPSA) is 73.3 Å². The molecule has 0 aromatic carbocycles. The van der Waals surface area contributed by atoms with Crippen LogP contribution in [0.25, 0.3) is 17.0 Å². The van der Waals surface area contributed by atoms with Crippen LogP contribution in [0, 0.1) is 23.0 Å². The fourth-order valence-electron chi connectivity index (χ4n) is 6.55. The third kappa shape index (κ3) is 2.65. The average molecular weight is 388 g/mol. The van der Waals surface area contributed by atoms with Crippen molar-refractivity contribution >= 4 is 11.4 Å². The number of hydrogen-bond acceptors (Lipinski definition) is 3. The minimum absolute atomic E-state index is 0.0676. The zero-order valence-electron chi connectivity index (χ0n) is 16.3. The molecule has 4 saturated carbocycles. The second kappa shape index (κ2) is 6.05. The number of carbonyl (C=O) groups excluding carboxylic acids is 1. The molecule has 6 nitrogen and oxygen atoms in total. The van der Waals surface area contributed by atoms with Crippen LogP contribution in [0.2, 0.25) is 0 Å². The summed E-state index contributed by atoms with van der Waals surface area (Å²) in [5.41, 5.74) is 1.50. The van der Waals surface area contributed by atoms with E-state index in [0.29, 0.717) is 17.2 Å². The summed E-state index contributed by atoms with van der Waals surface area (Å²) in [6.07, 6.45) is 10.6. The molecule has 1 N–H and O–H groups in total. The number of fused-ring (bicyclic) bond motifs is 1. The van der Waals surface area contributed by atoms with Crippen LogP contribution in [0.5, 0.6) is 0 Å². The van der Waals surface area contributed by atoms with E-state index in [-0.39, 0.29) is 11.4 Å². The Kier molecular flexibility index (Phi) is 3.55. The van der Waals surface area contributed by atoms with E-state index in [2.05, 4.69) is 10.3 Å². The molecule has 3 aromatic rings. The van der Waals surface area contributed by atoms with Gasteiger partial charge in [-0.1, -0.05) is 6.07 Å². The van der Waals surface area contributed by atoms with Crippen LogP contribution >= 0.6 is 0 Å². The third-order valence-corrected chi connectivity index (χ3v) is 7.23. The first-order valence-electron chi connectivity index (χ1n) is 10.6. The summed E-state index contributed by atoms with van der Waals surface area (Å²) in [5, 5.41) is 15.7. The summed E-state index contributed by atoms with van der Waals surface area (Å²) in [6, 6.07) is 10.9. The Hall–Kier alpha value is -2.89. The monoisotopic (exact) mass is 388 g/mol. The molecule has 0 unspecified atom stereocenters. The van der Waals surface area contributed by atoms with Crippen molar-refractivity contribution in [3.63, 3.8) is 0 Å². The van der Waals surface area contributed by atoms with Gasteiger partial charge in [-0.05, 0) is 74.5 Å². The van der Waals surface area contributed by atoms with E-state index >= 15 is 0 Å². The van der Waals surface area contributed by atoms with Crippen molar-refractivity contribution in [2.45, 2.75) is 44.1 Å². The Morgan fingerprint density at radius 2 is 1.76 bits per heavy atom. The number of amides is 1. The number of nitrogens with zero attached hydrogens (tertiary/aromatic N) is 3. The van der Waals surface area contributed by atoms with Crippen LogP contribution in [-0.2, 0) is 0 Å². The predicted octanol–water partition coefficient (Wildman–Crippen LogP) is 3.33. The van der Waals surface area contributed by atoms with Gasteiger partial charge in [-0.25, -0.2) is 4.98 Å². The molecule has 3 aromatic heterocycles. The highest BCUT2D eigenvalue weighted by molar-refractivity contribution is 6.00. The summed E-state index contributed by atoms with van der Waals surface area (Å²) in [4.78, 5) is 18.0. The Morgan fingerprint density at radius 1 is 1.07 bits per heavy atom. The molecule has 7 rings (SSSR count). The highest BCUT2D eigenvalue weighted by atomic mass is 16.5. The fourth-order valence-corrected chi connectivity index (χ4v) is 6.55. The van der Waals surface area contributed by atoms with Gasteiger partial charge in [0.1, 0.15) is 0 Å². The molecule has 29 heavy (non-hydrogen) atoms. The van der Waals surface area contributed by atoms with Crippen molar-refractivity contribution in [3.8, 4) is 11.5 Å². The molecule has 0 atom stereocenters. The third-order valence-electron chi connectivity index (χ3n) is 7.23. The number of imidazole rings is 1. The van der Waals surface area contributed by atoms with Crippen LogP contribution in [0.4, 0.5) is 0 Å². The zero-order valence-corrected chi connectivity index (χ0v) is 16.3. The van der Waals surface area contributed by atoms with Crippen molar-refractivity contribution in [3.05, 3.63) is 59.7 Å². The summed E-state index contributed by atoms with van der Waals surface area (Å²) in [6.45, 7) is 0. The van der Waals surface area contributed by atoms with Gasteiger partial charge in [-0.2, -0.15) is 4.73 Å². The molecule has 0 radical (unpaired) electrons. The van der Waals surface area contributed by atoms with Crippen molar-refractivity contribution in [2.75, 3.05) is 0 Å². The number of rotatable bonds is 3. The Labute approximate surface area is 169 Å². The van der Waals surface area contributed by atoms with E-state index < -0.39 is 0 Å². The minimum atomic E-state index is -0.115. The maximum atomic E-state index is 13.4. The first-order chi connectivity index (χ1) is 14.1. The van der Waals surface area contributed by atoms with Gasteiger partial charge in [0, 0.05) is 23.9 Å². The fraction of sp³-hybridized carbons (Fsp3) is 0.435.